The molecule has 0 saturated carbocycles. The highest BCUT2D eigenvalue weighted by atomic mass is 16.5. The summed E-state index contributed by atoms with van der Waals surface area (Å²) in [7, 11) is 0. The van der Waals surface area contributed by atoms with E-state index >= 15 is 0 Å². The van der Waals surface area contributed by atoms with Gasteiger partial charge in [-0.25, -0.2) is 0 Å². The molecule has 0 aromatic carbocycles. The molecule has 0 atom stereocenters. The van der Waals surface area contributed by atoms with Crippen LogP contribution in [-0.2, 0) is 13.0 Å². The van der Waals surface area contributed by atoms with Crippen molar-refractivity contribution < 1.29 is 9.05 Å². The molecule has 124 valence electrons. The molecule has 1 saturated heterocycles. The van der Waals surface area contributed by atoms with E-state index in [1.807, 2.05) is 26.0 Å². The number of pyridine rings is 1. The minimum absolute atomic E-state index is 0.552. The van der Waals surface area contributed by atoms with Gasteiger partial charge >= 0.3 is 0 Å². The van der Waals surface area contributed by atoms with E-state index in [4.69, 9.17) is 9.05 Å². The number of hydrogen-bond acceptors (Lipinski definition) is 7. The van der Waals surface area contributed by atoms with Gasteiger partial charge in [0, 0.05) is 49.6 Å². The van der Waals surface area contributed by atoms with E-state index in [2.05, 4.69) is 25.2 Å². The van der Waals surface area contributed by atoms with Crippen LogP contribution in [0.25, 0.3) is 11.4 Å². The predicted octanol–water partition coefficient (Wildman–Crippen LogP) is 2.41. The lowest BCUT2D eigenvalue weighted by molar-refractivity contribution is 0.0860. The monoisotopic (exact) mass is 325 g/mol. The Kier molecular flexibility index (Phi) is 3.86. The van der Waals surface area contributed by atoms with Gasteiger partial charge in [-0.1, -0.05) is 10.3 Å². The predicted molar refractivity (Wildman–Crippen MR) is 86.0 cm³/mol. The molecule has 4 rings (SSSR count). The average Bonchev–Trinajstić information content (AvgIpc) is 3.15. The molecule has 0 aliphatic carbocycles. The molecule has 4 heterocycles. The molecule has 1 aliphatic heterocycles. The first-order valence-electron chi connectivity index (χ1n) is 8.06. The van der Waals surface area contributed by atoms with Crippen molar-refractivity contribution in [1.82, 2.24) is 25.2 Å². The van der Waals surface area contributed by atoms with Gasteiger partial charge in [0.15, 0.2) is 0 Å². The lowest BCUT2D eigenvalue weighted by Crippen LogP contribution is -2.47. The van der Waals surface area contributed by atoms with Crippen molar-refractivity contribution in [2.24, 2.45) is 5.92 Å². The standard InChI is InChI=1S/C17H19N5O2/c1-11-15(12(2)23-20-11)10-22-8-13(9-22)7-16-19-17(21-24-16)14-3-5-18-6-4-14/h3-6,13H,7-10H2,1-2H3. The third kappa shape index (κ3) is 2.94. The quantitative estimate of drug-likeness (QED) is 0.712. The number of hydrogen-bond donors (Lipinski definition) is 0. The SMILES string of the molecule is Cc1noc(C)c1CN1CC(Cc2nc(-c3ccncc3)no2)C1. The van der Waals surface area contributed by atoms with Crippen molar-refractivity contribution in [3.05, 3.63) is 47.4 Å². The first kappa shape index (κ1) is 15.0. The van der Waals surface area contributed by atoms with Gasteiger partial charge in [-0.15, -0.1) is 0 Å². The summed E-state index contributed by atoms with van der Waals surface area (Å²) in [6.07, 6.45) is 4.27. The molecule has 7 nitrogen and oxygen atoms in total. The summed E-state index contributed by atoms with van der Waals surface area (Å²) in [5.74, 6) is 2.79. The molecule has 3 aromatic rings. The Balaban J connectivity index is 1.32. The van der Waals surface area contributed by atoms with Crippen LogP contribution in [0, 0.1) is 19.8 Å². The van der Waals surface area contributed by atoms with Crippen LogP contribution in [-0.4, -0.2) is 38.3 Å². The van der Waals surface area contributed by atoms with E-state index in [0.717, 1.165) is 43.1 Å². The fourth-order valence-corrected chi connectivity index (χ4v) is 3.09. The number of aromatic nitrogens is 4. The van der Waals surface area contributed by atoms with Crippen molar-refractivity contribution >= 4 is 0 Å². The summed E-state index contributed by atoms with van der Waals surface area (Å²) in [4.78, 5) is 10.9. The minimum Gasteiger partial charge on any atom is -0.361 e. The highest BCUT2D eigenvalue weighted by Gasteiger charge is 2.29. The van der Waals surface area contributed by atoms with Gasteiger partial charge in [0.2, 0.25) is 11.7 Å². The van der Waals surface area contributed by atoms with Gasteiger partial charge in [-0.3, -0.25) is 9.88 Å². The maximum atomic E-state index is 5.38. The first-order valence-corrected chi connectivity index (χ1v) is 8.06. The number of aryl methyl sites for hydroxylation is 2. The van der Waals surface area contributed by atoms with E-state index in [-0.39, 0.29) is 0 Å². The Labute approximate surface area is 139 Å². The lowest BCUT2D eigenvalue weighted by Gasteiger charge is -2.38. The molecular weight excluding hydrogens is 306 g/mol. The zero-order valence-corrected chi connectivity index (χ0v) is 13.8. The van der Waals surface area contributed by atoms with Crippen LogP contribution < -0.4 is 0 Å². The molecule has 1 fully saturated rings. The molecule has 0 bridgehead atoms. The third-order valence-electron chi connectivity index (χ3n) is 4.47. The summed E-state index contributed by atoms with van der Waals surface area (Å²) in [6, 6.07) is 3.76. The van der Waals surface area contributed by atoms with E-state index in [1.165, 1.54) is 5.56 Å². The Hall–Kier alpha value is -2.54. The summed E-state index contributed by atoms with van der Waals surface area (Å²) < 4.78 is 10.6. The van der Waals surface area contributed by atoms with Crippen molar-refractivity contribution in [2.45, 2.75) is 26.8 Å². The second-order valence-electron chi connectivity index (χ2n) is 6.31. The summed E-state index contributed by atoms with van der Waals surface area (Å²) in [6.45, 7) is 6.89. The second-order valence-corrected chi connectivity index (χ2v) is 6.31. The second kappa shape index (κ2) is 6.16. The van der Waals surface area contributed by atoms with Crippen LogP contribution in [0.15, 0.2) is 33.6 Å². The van der Waals surface area contributed by atoms with Crippen molar-refractivity contribution in [1.29, 1.82) is 0 Å². The van der Waals surface area contributed by atoms with Crippen LogP contribution in [0.1, 0.15) is 22.9 Å². The van der Waals surface area contributed by atoms with Gasteiger partial charge < -0.3 is 9.05 Å². The van der Waals surface area contributed by atoms with Gasteiger partial charge in [0.25, 0.3) is 0 Å². The fraction of sp³-hybridized carbons (Fsp3) is 0.412. The smallest absolute Gasteiger partial charge is 0.227 e. The van der Waals surface area contributed by atoms with Crippen molar-refractivity contribution in [2.75, 3.05) is 13.1 Å². The van der Waals surface area contributed by atoms with E-state index in [9.17, 15) is 0 Å². The van der Waals surface area contributed by atoms with Gasteiger partial charge in [0.1, 0.15) is 5.76 Å². The topological polar surface area (TPSA) is 81.1 Å². The number of rotatable bonds is 5. The first-order chi connectivity index (χ1) is 11.7. The number of nitrogens with zero attached hydrogens (tertiary/aromatic N) is 5. The molecule has 24 heavy (non-hydrogen) atoms. The Morgan fingerprint density at radius 2 is 1.92 bits per heavy atom. The average molecular weight is 325 g/mol. The summed E-state index contributed by atoms with van der Waals surface area (Å²) in [5, 5.41) is 8.06. The zero-order chi connectivity index (χ0) is 16.5. The molecule has 0 unspecified atom stereocenters. The maximum Gasteiger partial charge on any atom is 0.227 e. The van der Waals surface area contributed by atoms with Crippen LogP contribution >= 0.6 is 0 Å². The molecule has 0 N–H and O–H groups in total. The third-order valence-corrected chi connectivity index (χ3v) is 4.47. The highest BCUT2D eigenvalue weighted by molar-refractivity contribution is 5.52. The molecule has 7 heteroatoms. The minimum atomic E-state index is 0.552. The van der Waals surface area contributed by atoms with Gasteiger partial charge in [-0.2, -0.15) is 4.98 Å². The maximum absolute atomic E-state index is 5.38. The molecule has 1 aliphatic rings. The van der Waals surface area contributed by atoms with Crippen LogP contribution in [0.5, 0.6) is 0 Å². The molecule has 3 aromatic heterocycles. The Bertz CT molecular complexity index is 801. The molecule has 0 radical (unpaired) electrons. The zero-order valence-electron chi connectivity index (χ0n) is 13.8. The normalized spacial score (nSPS) is 15.6. The fourth-order valence-electron chi connectivity index (χ4n) is 3.09. The van der Waals surface area contributed by atoms with E-state index in [0.29, 0.717) is 17.6 Å². The van der Waals surface area contributed by atoms with Crippen LogP contribution in [0.4, 0.5) is 0 Å². The van der Waals surface area contributed by atoms with Crippen molar-refractivity contribution in [3.8, 4) is 11.4 Å². The Morgan fingerprint density at radius 3 is 2.62 bits per heavy atom. The highest BCUT2D eigenvalue weighted by Crippen LogP contribution is 2.25. The molecule has 0 amide bonds. The summed E-state index contributed by atoms with van der Waals surface area (Å²) >= 11 is 0. The van der Waals surface area contributed by atoms with Crippen LogP contribution in [0.3, 0.4) is 0 Å². The van der Waals surface area contributed by atoms with Gasteiger partial charge in [0.05, 0.1) is 5.69 Å². The van der Waals surface area contributed by atoms with Crippen molar-refractivity contribution in [3.63, 3.8) is 0 Å². The van der Waals surface area contributed by atoms with E-state index < -0.39 is 0 Å². The molecular formula is C17H19N5O2. The molecule has 0 spiro atoms. The largest absolute Gasteiger partial charge is 0.361 e. The lowest BCUT2D eigenvalue weighted by atomic mass is 9.95. The number of likely N-dealkylation sites (tertiary alicyclic amines) is 1. The van der Waals surface area contributed by atoms with E-state index in [1.54, 1.807) is 12.4 Å². The van der Waals surface area contributed by atoms with Crippen LogP contribution in [0.2, 0.25) is 0 Å². The Morgan fingerprint density at radius 1 is 1.12 bits per heavy atom. The van der Waals surface area contributed by atoms with Gasteiger partial charge in [-0.05, 0) is 31.9 Å². The summed E-state index contributed by atoms with van der Waals surface area (Å²) in [5.41, 5.74) is 3.11.